The van der Waals surface area contributed by atoms with Crippen LogP contribution in [0.1, 0.15) is 26.5 Å². The molecule has 0 saturated heterocycles. The van der Waals surface area contributed by atoms with E-state index in [0.29, 0.717) is 5.76 Å². The first-order chi connectivity index (χ1) is 10.9. The van der Waals surface area contributed by atoms with Crippen LogP contribution >= 0.6 is 0 Å². The summed E-state index contributed by atoms with van der Waals surface area (Å²) in [4.78, 5) is 35.1. The van der Waals surface area contributed by atoms with Crippen molar-refractivity contribution in [3.8, 4) is 0 Å². The van der Waals surface area contributed by atoms with E-state index >= 15 is 0 Å². The lowest BCUT2D eigenvalue weighted by Gasteiger charge is -2.21. The minimum Gasteiger partial charge on any atom is -0.467 e. The van der Waals surface area contributed by atoms with Gasteiger partial charge in [-0.2, -0.15) is 0 Å². The summed E-state index contributed by atoms with van der Waals surface area (Å²) >= 11 is 0. The van der Waals surface area contributed by atoms with E-state index in [-0.39, 0.29) is 31.5 Å². The molecule has 23 heavy (non-hydrogen) atoms. The summed E-state index contributed by atoms with van der Waals surface area (Å²) in [7, 11) is 0. The van der Waals surface area contributed by atoms with Gasteiger partial charge in [0.1, 0.15) is 18.3 Å². The molecular formula is C15H23N3O5. The van der Waals surface area contributed by atoms with E-state index < -0.39 is 18.0 Å². The molecule has 0 bridgehead atoms. The second-order valence-electron chi connectivity index (χ2n) is 5.15. The van der Waals surface area contributed by atoms with Crippen molar-refractivity contribution in [1.82, 2.24) is 16.0 Å². The highest BCUT2D eigenvalue weighted by atomic mass is 16.5. The monoisotopic (exact) mass is 325 g/mol. The van der Waals surface area contributed by atoms with Crippen molar-refractivity contribution in [2.75, 3.05) is 13.2 Å². The maximum absolute atomic E-state index is 12.2. The predicted molar refractivity (Wildman–Crippen MR) is 82.3 cm³/mol. The molecule has 1 aromatic heterocycles. The number of amides is 3. The first-order valence-electron chi connectivity index (χ1n) is 7.44. The van der Waals surface area contributed by atoms with Crippen molar-refractivity contribution >= 4 is 17.9 Å². The number of nitrogens with one attached hydrogen (secondary N) is 3. The van der Waals surface area contributed by atoms with Gasteiger partial charge < -0.3 is 25.1 Å². The molecule has 1 unspecified atom stereocenters. The van der Waals surface area contributed by atoms with Crippen LogP contribution in [-0.4, -0.2) is 37.1 Å². The van der Waals surface area contributed by atoms with E-state index in [0.717, 1.165) is 0 Å². The van der Waals surface area contributed by atoms with E-state index in [1.165, 1.54) is 6.26 Å². The molecule has 3 amide bonds. The average molecular weight is 325 g/mol. The zero-order valence-corrected chi connectivity index (χ0v) is 13.5. The van der Waals surface area contributed by atoms with Gasteiger partial charge in [-0.1, -0.05) is 13.8 Å². The number of esters is 1. The average Bonchev–Trinajstić information content (AvgIpc) is 3.01. The van der Waals surface area contributed by atoms with Crippen LogP contribution in [0, 0.1) is 5.92 Å². The fourth-order valence-electron chi connectivity index (χ4n) is 1.79. The fourth-order valence-corrected chi connectivity index (χ4v) is 1.79. The third kappa shape index (κ3) is 6.86. The van der Waals surface area contributed by atoms with Gasteiger partial charge in [-0.05, 0) is 25.0 Å². The SMILES string of the molecule is CCOC(=O)CNC(=O)NC(C(=O)NCc1ccco1)C(C)C. The van der Waals surface area contributed by atoms with Crippen LogP contribution in [0.25, 0.3) is 0 Å². The molecule has 0 aliphatic rings. The second-order valence-corrected chi connectivity index (χ2v) is 5.15. The second kappa shape index (κ2) is 9.50. The highest BCUT2D eigenvalue weighted by molar-refractivity contribution is 5.88. The number of furan rings is 1. The Kier molecular flexibility index (Phi) is 7.65. The van der Waals surface area contributed by atoms with E-state index in [4.69, 9.17) is 9.15 Å². The van der Waals surface area contributed by atoms with Crippen molar-refractivity contribution in [2.45, 2.75) is 33.4 Å². The third-order valence-electron chi connectivity index (χ3n) is 2.95. The Morgan fingerprint density at radius 1 is 1.26 bits per heavy atom. The summed E-state index contributed by atoms with van der Waals surface area (Å²) in [6.45, 7) is 5.52. The van der Waals surface area contributed by atoms with Gasteiger partial charge in [0, 0.05) is 0 Å². The zero-order chi connectivity index (χ0) is 17.2. The Morgan fingerprint density at radius 2 is 2.00 bits per heavy atom. The van der Waals surface area contributed by atoms with Gasteiger partial charge in [0.2, 0.25) is 5.91 Å². The maximum Gasteiger partial charge on any atom is 0.325 e. The fraction of sp³-hybridized carbons (Fsp3) is 0.533. The smallest absolute Gasteiger partial charge is 0.325 e. The molecule has 0 saturated carbocycles. The number of hydrogen-bond acceptors (Lipinski definition) is 5. The minimum atomic E-state index is -0.729. The topological polar surface area (TPSA) is 110 Å². The van der Waals surface area contributed by atoms with Crippen LogP contribution in [0.5, 0.6) is 0 Å². The van der Waals surface area contributed by atoms with Gasteiger partial charge in [0.15, 0.2) is 0 Å². The number of rotatable bonds is 8. The van der Waals surface area contributed by atoms with Crippen LogP contribution < -0.4 is 16.0 Å². The lowest BCUT2D eigenvalue weighted by molar-refractivity contribution is -0.141. The van der Waals surface area contributed by atoms with Crippen LogP contribution in [-0.2, 0) is 20.9 Å². The molecule has 1 atom stereocenters. The quantitative estimate of drug-likeness (QED) is 0.612. The summed E-state index contributed by atoms with van der Waals surface area (Å²) in [6.07, 6.45) is 1.52. The molecule has 1 aromatic rings. The lowest BCUT2D eigenvalue weighted by atomic mass is 10.0. The molecule has 0 aromatic carbocycles. The largest absolute Gasteiger partial charge is 0.467 e. The van der Waals surface area contributed by atoms with Gasteiger partial charge in [-0.25, -0.2) is 4.79 Å². The molecule has 0 aliphatic carbocycles. The lowest BCUT2D eigenvalue weighted by Crippen LogP contribution is -2.53. The Labute approximate surface area is 134 Å². The molecule has 0 aliphatic heterocycles. The Bertz CT molecular complexity index is 513. The van der Waals surface area contributed by atoms with Crippen LogP contribution in [0.3, 0.4) is 0 Å². The Balaban J connectivity index is 2.45. The van der Waals surface area contributed by atoms with Crippen molar-refractivity contribution < 1.29 is 23.5 Å². The van der Waals surface area contributed by atoms with Crippen LogP contribution in [0.4, 0.5) is 4.79 Å². The molecule has 1 rings (SSSR count). The van der Waals surface area contributed by atoms with Crippen LogP contribution in [0.2, 0.25) is 0 Å². The summed E-state index contributed by atoms with van der Waals surface area (Å²) < 4.78 is 9.83. The number of carbonyl (C=O) groups is 3. The molecule has 0 radical (unpaired) electrons. The number of ether oxygens (including phenoxy) is 1. The number of hydrogen-bond donors (Lipinski definition) is 3. The predicted octanol–water partition coefficient (Wildman–Crippen LogP) is 0.783. The van der Waals surface area contributed by atoms with Gasteiger partial charge >= 0.3 is 12.0 Å². The minimum absolute atomic E-state index is 0.125. The van der Waals surface area contributed by atoms with Gasteiger partial charge in [-0.3, -0.25) is 9.59 Å². The molecule has 0 spiro atoms. The van der Waals surface area contributed by atoms with Crippen LogP contribution in [0.15, 0.2) is 22.8 Å². The summed E-state index contributed by atoms with van der Waals surface area (Å²) in [6, 6.07) is 2.13. The van der Waals surface area contributed by atoms with Crippen molar-refractivity contribution in [3.63, 3.8) is 0 Å². The van der Waals surface area contributed by atoms with Gasteiger partial charge in [0.25, 0.3) is 0 Å². The van der Waals surface area contributed by atoms with E-state index in [1.807, 2.05) is 13.8 Å². The number of carbonyl (C=O) groups excluding carboxylic acids is 3. The van der Waals surface area contributed by atoms with E-state index in [2.05, 4.69) is 16.0 Å². The summed E-state index contributed by atoms with van der Waals surface area (Å²) in [5, 5.41) is 7.59. The Morgan fingerprint density at radius 3 is 2.57 bits per heavy atom. The first kappa shape index (κ1) is 18.5. The molecule has 0 fully saturated rings. The zero-order valence-electron chi connectivity index (χ0n) is 13.5. The summed E-state index contributed by atoms with van der Waals surface area (Å²) in [5.41, 5.74) is 0. The normalized spacial score (nSPS) is 11.7. The van der Waals surface area contributed by atoms with Crippen molar-refractivity contribution in [2.24, 2.45) is 5.92 Å². The first-order valence-corrected chi connectivity index (χ1v) is 7.44. The molecule has 8 heteroatoms. The molecule has 8 nitrogen and oxygen atoms in total. The van der Waals surface area contributed by atoms with Gasteiger partial charge in [-0.15, -0.1) is 0 Å². The molecule has 128 valence electrons. The van der Waals surface area contributed by atoms with Crippen molar-refractivity contribution in [3.05, 3.63) is 24.2 Å². The van der Waals surface area contributed by atoms with Gasteiger partial charge in [0.05, 0.1) is 19.4 Å². The summed E-state index contributed by atoms with van der Waals surface area (Å²) in [5.74, 6) is -0.374. The molecular weight excluding hydrogens is 302 g/mol. The number of urea groups is 1. The molecule has 3 N–H and O–H groups in total. The van der Waals surface area contributed by atoms with E-state index in [1.54, 1.807) is 19.1 Å². The highest BCUT2D eigenvalue weighted by Gasteiger charge is 2.24. The van der Waals surface area contributed by atoms with Crippen molar-refractivity contribution in [1.29, 1.82) is 0 Å². The highest BCUT2D eigenvalue weighted by Crippen LogP contribution is 2.04. The van der Waals surface area contributed by atoms with E-state index in [9.17, 15) is 14.4 Å². The Hall–Kier alpha value is -2.51. The molecule has 1 heterocycles. The standard InChI is InChI=1S/C15H23N3O5/c1-4-22-12(19)9-17-15(21)18-13(10(2)3)14(20)16-8-11-6-5-7-23-11/h5-7,10,13H,4,8-9H2,1-3H3,(H,16,20)(H2,17,18,21). The maximum atomic E-state index is 12.2. The third-order valence-corrected chi connectivity index (χ3v) is 2.95.